The van der Waals surface area contributed by atoms with Gasteiger partial charge in [0, 0.05) is 0 Å². The first-order chi connectivity index (χ1) is 7.87. The molecule has 0 unspecified atom stereocenters. The highest BCUT2D eigenvalue weighted by molar-refractivity contribution is 5.74. The molecule has 0 radical (unpaired) electrons. The summed E-state index contributed by atoms with van der Waals surface area (Å²) in [4.78, 5) is 11.5. The Balaban J connectivity index is 2.63. The van der Waals surface area contributed by atoms with Crippen LogP contribution < -0.4 is 0 Å². The van der Waals surface area contributed by atoms with Crippen molar-refractivity contribution in [1.82, 2.24) is 0 Å². The molecule has 0 spiro atoms. The van der Waals surface area contributed by atoms with Crippen molar-refractivity contribution in [3.8, 4) is 0 Å². The fourth-order valence-corrected chi connectivity index (χ4v) is 2.88. The van der Waals surface area contributed by atoms with Gasteiger partial charge in [-0.15, -0.1) is 6.58 Å². The Morgan fingerprint density at radius 2 is 1.94 bits per heavy atom. The second-order valence-electron chi connectivity index (χ2n) is 6.12. The summed E-state index contributed by atoms with van der Waals surface area (Å²) in [7, 11) is 0. The molecule has 0 aromatic rings. The molecule has 0 aromatic heterocycles. The fourth-order valence-electron chi connectivity index (χ4n) is 2.88. The van der Waals surface area contributed by atoms with E-state index >= 15 is 0 Å². The lowest BCUT2D eigenvalue weighted by molar-refractivity contribution is -0.152. The van der Waals surface area contributed by atoms with Gasteiger partial charge >= 0.3 is 5.97 Å². The van der Waals surface area contributed by atoms with Crippen molar-refractivity contribution in [2.24, 2.45) is 17.3 Å². The van der Waals surface area contributed by atoms with Crippen LogP contribution in [-0.4, -0.2) is 11.1 Å². The Kier molecular flexibility index (Phi) is 4.79. The summed E-state index contributed by atoms with van der Waals surface area (Å²) in [5.41, 5.74) is 0.626. The smallest absolute Gasteiger partial charge is 0.309 e. The Morgan fingerprint density at radius 1 is 1.41 bits per heavy atom. The SMILES string of the molecule is C=C(C)CCC1(C(=O)O)CCC(C(C)C)CC1. The molecule has 1 aliphatic carbocycles. The fraction of sp³-hybridized carbons (Fsp3) is 0.800. The number of carboxylic acid groups (broad SMARTS) is 1. The Hall–Kier alpha value is -0.790. The summed E-state index contributed by atoms with van der Waals surface area (Å²) in [6.45, 7) is 10.3. The van der Waals surface area contributed by atoms with Crippen molar-refractivity contribution in [3.05, 3.63) is 12.2 Å². The van der Waals surface area contributed by atoms with Gasteiger partial charge in [-0.3, -0.25) is 4.79 Å². The van der Waals surface area contributed by atoms with Gasteiger partial charge in [0.2, 0.25) is 0 Å². The Bertz CT molecular complexity index is 283. The minimum Gasteiger partial charge on any atom is -0.481 e. The Labute approximate surface area is 105 Å². The largest absolute Gasteiger partial charge is 0.481 e. The quantitative estimate of drug-likeness (QED) is 0.727. The van der Waals surface area contributed by atoms with Crippen LogP contribution in [0.5, 0.6) is 0 Å². The van der Waals surface area contributed by atoms with E-state index in [-0.39, 0.29) is 0 Å². The van der Waals surface area contributed by atoms with Crippen LogP contribution in [0.3, 0.4) is 0 Å². The topological polar surface area (TPSA) is 37.3 Å². The zero-order chi connectivity index (χ0) is 13.1. The third-order valence-electron chi connectivity index (χ3n) is 4.41. The second-order valence-corrected chi connectivity index (χ2v) is 6.12. The lowest BCUT2D eigenvalue weighted by Crippen LogP contribution is -2.36. The van der Waals surface area contributed by atoms with Gasteiger partial charge in [-0.2, -0.15) is 0 Å². The van der Waals surface area contributed by atoms with Crippen LogP contribution in [-0.2, 0) is 4.79 Å². The molecule has 1 N–H and O–H groups in total. The predicted molar refractivity (Wildman–Crippen MR) is 70.9 cm³/mol. The van der Waals surface area contributed by atoms with Gasteiger partial charge < -0.3 is 5.11 Å². The lowest BCUT2D eigenvalue weighted by atomic mass is 9.66. The van der Waals surface area contributed by atoms with Crippen LogP contribution >= 0.6 is 0 Å². The van der Waals surface area contributed by atoms with E-state index in [1.807, 2.05) is 6.92 Å². The first-order valence-corrected chi connectivity index (χ1v) is 6.75. The van der Waals surface area contributed by atoms with E-state index in [0.717, 1.165) is 44.1 Å². The maximum atomic E-state index is 11.5. The lowest BCUT2D eigenvalue weighted by Gasteiger charge is -2.38. The summed E-state index contributed by atoms with van der Waals surface area (Å²) in [5.74, 6) is 0.802. The molecule has 2 nitrogen and oxygen atoms in total. The van der Waals surface area contributed by atoms with Crippen molar-refractivity contribution in [2.75, 3.05) is 0 Å². The molecule has 0 saturated heterocycles. The number of aliphatic carboxylic acids is 1. The van der Waals surface area contributed by atoms with Gasteiger partial charge in [-0.05, 0) is 57.3 Å². The van der Waals surface area contributed by atoms with E-state index in [9.17, 15) is 9.90 Å². The van der Waals surface area contributed by atoms with Crippen molar-refractivity contribution >= 4 is 5.97 Å². The van der Waals surface area contributed by atoms with Crippen LogP contribution in [0.4, 0.5) is 0 Å². The zero-order valence-electron chi connectivity index (χ0n) is 11.5. The van der Waals surface area contributed by atoms with Gasteiger partial charge in [0.05, 0.1) is 5.41 Å². The van der Waals surface area contributed by atoms with Gasteiger partial charge in [0.25, 0.3) is 0 Å². The maximum absolute atomic E-state index is 11.5. The van der Waals surface area contributed by atoms with Crippen molar-refractivity contribution in [3.63, 3.8) is 0 Å². The van der Waals surface area contributed by atoms with E-state index in [1.54, 1.807) is 0 Å². The summed E-state index contributed by atoms with van der Waals surface area (Å²) >= 11 is 0. The van der Waals surface area contributed by atoms with Crippen LogP contribution in [0.1, 0.15) is 59.3 Å². The molecule has 1 aliphatic rings. The predicted octanol–water partition coefficient (Wildman–Crippen LogP) is 4.26. The normalized spacial score (nSPS) is 29.3. The van der Waals surface area contributed by atoms with E-state index in [0.29, 0.717) is 11.8 Å². The van der Waals surface area contributed by atoms with Crippen LogP contribution in [0.2, 0.25) is 0 Å². The van der Waals surface area contributed by atoms with E-state index < -0.39 is 11.4 Å². The Morgan fingerprint density at radius 3 is 2.29 bits per heavy atom. The van der Waals surface area contributed by atoms with E-state index in [2.05, 4.69) is 20.4 Å². The van der Waals surface area contributed by atoms with Crippen molar-refractivity contribution in [2.45, 2.75) is 59.3 Å². The maximum Gasteiger partial charge on any atom is 0.309 e. The van der Waals surface area contributed by atoms with E-state index in [4.69, 9.17) is 0 Å². The summed E-state index contributed by atoms with van der Waals surface area (Å²) < 4.78 is 0. The number of carbonyl (C=O) groups is 1. The molecule has 0 bridgehead atoms. The van der Waals surface area contributed by atoms with Gasteiger partial charge in [0.15, 0.2) is 0 Å². The molecule has 1 rings (SSSR count). The van der Waals surface area contributed by atoms with Crippen LogP contribution in [0.15, 0.2) is 12.2 Å². The molecule has 1 fully saturated rings. The second kappa shape index (κ2) is 5.70. The summed E-state index contributed by atoms with van der Waals surface area (Å²) in [6.07, 6.45) is 5.44. The average molecular weight is 238 g/mol. The molecule has 0 amide bonds. The van der Waals surface area contributed by atoms with Gasteiger partial charge in [-0.25, -0.2) is 0 Å². The molecule has 0 aliphatic heterocycles. The number of hydrogen-bond acceptors (Lipinski definition) is 1. The van der Waals surface area contributed by atoms with Gasteiger partial charge in [-0.1, -0.05) is 19.4 Å². The molecule has 17 heavy (non-hydrogen) atoms. The molecule has 0 heterocycles. The molecule has 1 saturated carbocycles. The van der Waals surface area contributed by atoms with Crippen LogP contribution in [0, 0.1) is 17.3 Å². The minimum atomic E-state index is -0.596. The highest BCUT2D eigenvalue weighted by Crippen LogP contribution is 2.45. The van der Waals surface area contributed by atoms with Gasteiger partial charge in [0.1, 0.15) is 0 Å². The number of hydrogen-bond donors (Lipinski definition) is 1. The number of allylic oxidation sites excluding steroid dienone is 1. The third kappa shape index (κ3) is 3.58. The van der Waals surface area contributed by atoms with Crippen LogP contribution in [0.25, 0.3) is 0 Å². The molecular formula is C15H26O2. The molecular weight excluding hydrogens is 212 g/mol. The highest BCUT2D eigenvalue weighted by atomic mass is 16.4. The van der Waals surface area contributed by atoms with E-state index in [1.165, 1.54) is 0 Å². The molecule has 2 heteroatoms. The monoisotopic (exact) mass is 238 g/mol. The third-order valence-corrected chi connectivity index (χ3v) is 4.41. The molecule has 0 atom stereocenters. The summed E-state index contributed by atoms with van der Waals surface area (Å²) in [5, 5.41) is 9.50. The van der Waals surface area contributed by atoms with Crippen molar-refractivity contribution in [1.29, 1.82) is 0 Å². The number of carboxylic acids is 1. The minimum absolute atomic E-state index is 0.468. The summed E-state index contributed by atoms with van der Waals surface area (Å²) in [6, 6.07) is 0. The first-order valence-electron chi connectivity index (χ1n) is 6.75. The molecule has 98 valence electrons. The average Bonchev–Trinajstić information content (AvgIpc) is 2.26. The zero-order valence-corrected chi connectivity index (χ0v) is 11.5. The highest BCUT2D eigenvalue weighted by Gasteiger charge is 2.41. The standard InChI is InChI=1S/C15H26O2/c1-11(2)5-8-15(14(16)17)9-6-13(7-10-15)12(3)4/h12-13H,1,5-10H2,2-4H3,(H,16,17). The van der Waals surface area contributed by atoms with Crippen molar-refractivity contribution < 1.29 is 9.90 Å². The molecule has 0 aromatic carbocycles. The first kappa shape index (κ1) is 14.3. The number of rotatable bonds is 5.